The van der Waals surface area contributed by atoms with E-state index in [1.54, 1.807) is 21.9 Å². The molecule has 1 atom stereocenters. The number of amides is 3. The number of hydrogen-bond donors (Lipinski definition) is 1. The molecule has 2 aliphatic heterocycles. The van der Waals surface area contributed by atoms with E-state index in [9.17, 15) is 14.4 Å². The first-order valence-corrected chi connectivity index (χ1v) is 11.5. The molecule has 4 rings (SSSR count). The summed E-state index contributed by atoms with van der Waals surface area (Å²) in [6.07, 6.45) is 0.906. The van der Waals surface area contributed by atoms with Gasteiger partial charge in [0.05, 0.1) is 6.61 Å². The van der Waals surface area contributed by atoms with E-state index < -0.39 is 11.8 Å². The van der Waals surface area contributed by atoms with Crippen LogP contribution in [0.15, 0.2) is 54.6 Å². The summed E-state index contributed by atoms with van der Waals surface area (Å²) in [5.74, 6) is -0.471. The number of likely N-dealkylation sites (tertiary alicyclic amines) is 1. The molecule has 2 aromatic rings. The zero-order valence-corrected chi connectivity index (χ0v) is 19.4. The molecule has 2 saturated heterocycles. The highest BCUT2D eigenvalue weighted by Gasteiger charge is 2.54. The summed E-state index contributed by atoms with van der Waals surface area (Å²) in [6, 6.07) is 15.8. The van der Waals surface area contributed by atoms with Gasteiger partial charge in [0, 0.05) is 43.1 Å². The van der Waals surface area contributed by atoms with Crippen LogP contribution in [0.4, 0.5) is 0 Å². The van der Waals surface area contributed by atoms with Crippen molar-refractivity contribution in [3.8, 4) is 0 Å². The lowest BCUT2D eigenvalue weighted by atomic mass is 9.96. The number of carbonyl (C=O) groups is 3. The summed E-state index contributed by atoms with van der Waals surface area (Å²) >= 11 is 0. The zero-order chi connectivity index (χ0) is 23.6. The first kappa shape index (κ1) is 23.0. The van der Waals surface area contributed by atoms with Crippen molar-refractivity contribution in [2.24, 2.45) is 0 Å². The Bertz CT molecular complexity index is 1030. The molecule has 0 saturated carbocycles. The van der Waals surface area contributed by atoms with Crippen molar-refractivity contribution in [1.29, 1.82) is 0 Å². The fourth-order valence-electron chi connectivity index (χ4n) is 4.69. The largest absolute Gasteiger partial charge is 0.353 e. The summed E-state index contributed by atoms with van der Waals surface area (Å²) in [5, 5.41) is 2.92. The standard InChI is InChI=1S/C26H31N3O4/c1-18(2)27-23(30)22-17-33-26(29(22)25(32)20-9-5-4-6-10-20)12-14-28(15-13-26)24(31)21-11-7-8-19(3)16-21/h4-11,16,18,22H,12-15,17H2,1-3H3,(H,27,30)/t22-/m0/s1. The number of piperidine rings is 1. The molecule has 2 aromatic carbocycles. The number of ether oxygens (including phenoxy) is 1. The van der Waals surface area contributed by atoms with Crippen LogP contribution in [0.3, 0.4) is 0 Å². The van der Waals surface area contributed by atoms with Gasteiger partial charge < -0.3 is 15.0 Å². The monoisotopic (exact) mass is 449 g/mol. The Morgan fingerprint density at radius 1 is 0.970 bits per heavy atom. The fraction of sp³-hybridized carbons (Fsp3) is 0.423. The number of nitrogens with one attached hydrogen (secondary N) is 1. The van der Waals surface area contributed by atoms with Crippen LogP contribution in [-0.2, 0) is 9.53 Å². The van der Waals surface area contributed by atoms with Crippen LogP contribution in [0, 0.1) is 6.92 Å². The molecule has 1 spiro atoms. The van der Waals surface area contributed by atoms with Gasteiger partial charge in [-0.25, -0.2) is 0 Å². The molecule has 3 amide bonds. The van der Waals surface area contributed by atoms with Crippen molar-refractivity contribution in [2.75, 3.05) is 19.7 Å². The van der Waals surface area contributed by atoms with Crippen molar-refractivity contribution in [1.82, 2.24) is 15.1 Å². The van der Waals surface area contributed by atoms with Crippen LogP contribution in [-0.4, -0.2) is 65.0 Å². The summed E-state index contributed by atoms with van der Waals surface area (Å²) in [6.45, 7) is 6.78. The Morgan fingerprint density at radius 3 is 2.27 bits per heavy atom. The lowest BCUT2D eigenvalue weighted by Gasteiger charge is -2.44. The minimum atomic E-state index is -0.907. The van der Waals surface area contributed by atoms with Gasteiger partial charge >= 0.3 is 0 Å². The van der Waals surface area contributed by atoms with Gasteiger partial charge in [0.15, 0.2) is 0 Å². The van der Waals surface area contributed by atoms with Crippen molar-refractivity contribution in [3.05, 3.63) is 71.3 Å². The van der Waals surface area contributed by atoms with Gasteiger partial charge in [0.2, 0.25) is 5.91 Å². The second-order valence-corrected chi connectivity index (χ2v) is 9.14. The Labute approximate surface area is 194 Å². The molecule has 174 valence electrons. The maximum Gasteiger partial charge on any atom is 0.256 e. The quantitative estimate of drug-likeness (QED) is 0.778. The molecular weight excluding hydrogens is 418 g/mol. The van der Waals surface area contributed by atoms with Crippen LogP contribution in [0.2, 0.25) is 0 Å². The van der Waals surface area contributed by atoms with Gasteiger partial charge in [-0.15, -0.1) is 0 Å². The Morgan fingerprint density at radius 2 is 1.64 bits per heavy atom. The maximum atomic E-state index is 13.6. The van der Waals surface area contributed by atoms with Gasteiger partial charge in [0.1, 0.15) is 11.8 Å². The molecule has 0 aliphatic carbocycles. The number of hydrogen-bond acceptors (Lipinski definition) is 4. The van der Waals surface area contributed by atoms with Crippen molar-refractivity contribution in [2.45, 2.75) is 51.4 Å². The third kappa shape index (κ3) is 4.64. The number of carbonyl (C=O) groups excluding carboxylic acids is 3. The summed E-state index contributed by atoms with van der Waals surface area (Å²) in [4.78, 5) is 43.0. The van der Waals surface area contributed by atoms with Crippen LogP contribution < -0.4 is 5.32 Å². The summed E-state index contributed by atoms with van der Waals surface area (Å²) < 4.78 is 6.21. The minimum absolute atomic E-state index is 0.0263. The number of aryl methyl sites for hydroxylation is 1. The molecule has 0 aromatic heterocycles. The van der Waals surface area contributed by atoms with E-state index in [4.69, 9.17) is 4.74 Å². The fourth-order valence-corrected chi connectivity index (χ4v) is 4.69. The van der Waals surface area contributed by atoms with Gasteiger partial charge in [-0.1, -0.05) is 35.9 Å². The SMILES string of the molecule is Cc1cccc(C(=O)N2CCC3(CC2)OC[C@@H](C(=O)NC(C)C)N3C(=O)c2ccccc2)c1. The molecule has 7 heteroatoms. The van der Waals surface area contributed by atoms with Gasteiger partial charge in [-0.3, -0.25) is 19.3 Å². The highest BCUT2D eigenvalue weighted by molar-refractivity contribution is 5.98. The highest BCUT2D eigenvalue weighted by atomic mass is 16.5. The van der Waals surface area contributed by atoms with E-state index in [0.717, 1.165) is 5.56 Å². The second kappa shape index (κ2) is 9.35. The molecule has 2 heterocycles. The summed E-state index contributed by atoms with van der Waals surface area (Å²) in [7, 11) is 0. The predicted molar refractivity (Wildman–Crippen MR) is 125 cm³/mol. The Hall–Kier alpha value is -3.19. The second-order valence-electron chi connectivity index (χ2n) is 9.14. The molecule has 1 N–H and O–H groups in total. The van der Waals surface area contributed by atoms with Crippen LogP contribution in [0.5, 0.6) is 0 Å². The molecular formula is C26H31N3O4. The van der Waals surface area contributed by atoms with Crippen molar-refractivity contribution >= 4 is 17.7 Å². The smallest absolute Gasteiger partial charge is 0.256 e. The van der Waals surface area contributed by atoms with Gasteiger partial charge in [-0.05, 0) is 45.0 Å². The number of benzene rings is 2. The first-order valence-electron chi connectivity index (χ1n) is 11.5. The molecule has 2 fully saturated rings. The summed E-state index contributed by atoms with van der Waals surface area (Å²) in [5.41, 5.74) is 1.30. The third-order valence-electron chi connectivity index (χ3n) is 6.33. The molecule has 0 radical (unpaired) electrons. The first-order chi connectivity index (χ1) is 15.8. The van der Waals surface area contributed by atoms with Gasteiger partial charge in [-0.2, -0.15) is 0 Å². The Kier molecular flexibility index (Phi) is 6.51. The van der Waals surface area contributed by atoms with E-state index in [1.807, 2.05) is 63.2 Å². The average Bonchev–Trinajstić information content (AvgIpc) is 3.17. The molecule has 7 nitrogen and oxygen atoms in total. The lowest BCUT2D eigenvalue weighted by molar-refractivity contribution is -0.128. The molecule has 33 heavy (non-hydrogen) atoms. The zero-order valence-electron chi connectivity index (χ0n) is 19.4. The predicted octanol–water partition coefficient (Wildman–Crippen LogP) is 2.99. The maximum absolute atomic E-state index is 13.6. The third-order valence-corrected chi connectivity index (χ3v) is 6.33. The van der Waals surface area contributed by atoms with Gasteiger partial charge in [0.25, 0.3) is 11.8 Å². The van der Waals surface area contributed by atoms with E-state index in [0.29, 0.717) is 37.1 Å². The topological polar surface area (TPSA) is 79.0 Å². The molecule has 0 unspecified atom stereocenters. The van der Waals surface area contributed by atoms with Crippen molar-refractivity contribution in [3.63, 3.8) is 0 Å². The van der Waals surface area contributed by atoms with E-state index >= 15 is 0 Å². The normalized spacial score (nSPS) is 19.7. The molecule has 0 bridgehead atoms. The number of rotatable bonds is 4. The van der Waals surface area contributed by atoms with Crippen LogP contribution in [0.25, 0.3) is 0 Å². The highest BCUT2D eigenvalue weighted by Crippen LogP contribution is 2.38. The average molecular weight is 450 g/mol. The Balaban J connectivity index is 1.57. The molecule has 2 aliphatic rings. The van der Waals surface area contributed by atoms with Crippen molar-refractivity contribution < 1.29 is 19.1 Å². The van der Waals surface area contributed by atoms with E-state index in [1.165, 1.54) is 0 Å². The van der Waals surface area contributed by atoms with E-state index in [2.05, 4.69) is 5.32 Å². The minimum Gasteiger partial charge on any atom is -0.353 e. The number of nitrogens with zero attached hydrogens (tertiary/aromatic N) is 2. The van der Waals surface area contributed by atoms with E-state index in [-0.39, 0.29) is 30.4 Å². The lowest BCUT2D eigenvalue weighted by Crippen LogP contribution is -2.60. The van der Waals surface area contributed by atoms with Crippen LogP contribution in [0.1, 0.15) is 53.0 Å². The van der Waals surface area contributed by atoms with Crippen LogP contribution >= 0.6 is 0 Å².